The maximum atomic E-state index is 14.4. The predicted molar refractivity (Wildman–Crippen MR) is 213 cm³/mol. The molecule has 1 amide bonds. The molecule has 0 aromatic heterocycles. The van der Waals surface area contributed by atoms with E-state index in [4.69, 9.17) is 19.9 Å². The lowest BCUT2D eigenvalue weighted by molar-refractivity contribution is -0.608. The van der Waals surface area contributed by atoms with Gasteiger partial charge in [0.25, 0.3) is 0 Å². The maximum Gasteiger partial charge on any atom is 0.350 e. The van der Waals surface area contributed by atoms with Gasteiger partial charge in [0.2, 0.25) is 11.6 Å². The Kier molecular flexibility index (Phi) is 17.0. The van der Waals surface area contributed by atoms with Gasteiger partial charge < -0.3 is 30.4 Å². The van der Waals surface area contributed by atoms with Crippen LogP contribution in [0.2, 0.25) is 0 Å². The van der Waals surface area contributed by atoms with E-state index in [0.29, 0.717) is 25.6 Å². The Balaban J connectivity index is 1.02. The number of amides is 1. The third-order valence-electron chi connectivity index (χ3n) is 12.8. The standard InChI is InChI=1S/C43H75N5O6/c1-4-6-21-35-26-28-42(54-35)31-33-24-25-36-38(43(27-18-20-32(3)53-43)47-41(46-42)48(33)36)40(51)52-34(5-2)22-16-14-12-10-8-7-9-11-13-15-17-23-37(49)39(50)45-30-19-29-44/h6,21,32-38,49H,4-5,7-20,22-31,44H2,1-3H3,(H2,45,46,47,50)/p+1/b21-6+/t32-,33+,34?,35+,36-,37?,38-,42+,43-/m0/s1. The lowest BCUT2D eigenvalue weighted by Gasteiger charge is -2.50. The maximum absolute atomic E-state index is 14.4. The second-order valence-corrected chi connectivity index (χ2v) is 17.1. The lowest BCUT2D eigenvalue weighted by atomic mass is 9.80. The smallest absolute Gasteiger partial charge is 0.350 e. The van der Waals surface area contributed by atoms with Crippen molar-refractivity contribution in [1.29, 1.82) is 0 Å². The van der Waals surface area contributed by atoms with Gasteiger partial charge in [-0.15, -0.1) is 0 Å². The lowest BCUT2D eigenvalue weighted by Crippen LogP contribution is -2.76. The summed E-state index contributed by atoms with van der Waals surface area (Å²) in [5.74, 6) is 0.265. The molecule has 308 valence electrons. The molecule has 0 bridgehead atoms. The molecule has 11 heteroatoms. The first-order chi connectivity index (χ1) is 26.2. The van der Waals surface area contributed by atoms with Crippen LogP contribution in [0.3, 0.4) is 0 Å². The van der Waals surface area contributed by atoms with E-state index >= 15 is 0 Å². The number of aliphatic hydroxyl groups is 1. The van der Waals surface area contributed by atoms with Gasteiger partial charge in [-0.25, -0.2) is 10.6 Å². The molecule has 6 N–H and O–H groups in total. The number of ether oxygens (including phenoxy) is 3. The van der Waals surface area contributed by atoms with E-state index in [1.807, 2.05) is 0 Å². The summed E-state index contributed by atoms with van der Waals surface area (Å²) in [4.78, 5) is 26.2. The van der Waals surface area contributed by atoms with E-state index in [9.17, 15) is 14.7 Å². The highest BCUT2D eigenvalue weighted by atomic mass is 16.6. The van der Waals surface area contributed by atoms with E-state index in [1.165, 1.54) is 44.9 Å². The quantitative estimate of drug-likeness (QED) is 0.0344. The molecule has 5 aliphatic heterocycles. The Morgan fingerprint density at radius 1 is 0.944 bits per heavy atom. The SMILES string of the molecule is CC/C=C/[C@@H]1CC[C@]2(C[C@H]3CC[C@H]4[C@@H](C(=O)OC(CC)CCCCCCCCCCCCCC(O)C(=O)NCCCN)[C@@]5(CCC[C@H](C)O5)NC(=[N+]34)N2)O1. The number of allylic oxidation sites excluding steroid dienone is 1. The van der Waals surface area contributed by atoms with Crippen molar-refractivity contribution in [2.45, 2.75) is 223 Å². The van der Waals surface area contributed by atoms with Crippen LogP contribution in [0, 0.1) is 5.92 Å². The number of hydrogen-bond acceptors (Lipinski definition) is 9. The molecule has 0 aromatic carbocycles. The van der Waals surface area contributed by atoms with Crippen molar-refractivity contribution in [3.8, 4) is 0 Å². The molecule has 2 spiro atoms. The molecule has 3 fully saturated rings. The molecule has 0 aliphatic carbocycles. The third-order valence-corrected chi connectivity index (χ3v) is 12.8. The van der Waals surface area contributed by atoms with Gasteiger partial charge in [-0.2, -0.15) is 0 Å². The summed E-state index contributed by atoms with van der Waals surface area (Å²) < 4.78 is 22.4. The molecule has 0 radical (unpaired) electrons. The van der Waals surface area contributed by atoms with Gasteiger partial charge in [0.1, 0.15) is 12.2 Å². The average molecular weight is 759 g/mol. The molecule has 2 unspecified atom stereocenters. The van der Waals surface area contributed by atoms with Gasteiger partial charge in [-0.3, -0.25) is 14.2 Å². The number of carbonyl (C=O) groups excluding carboxylic acids is 2. The minimum Gasteiger partial charge on any atom is -0.462 e. The molecular weight excluding hydrogens is 683 g/mol. The van der Waals surface area contributed by atoms with Crippen LogP contribution in [0.15, 0.2) is 12.2 Å². The minimum absolute atomic E-state index is 0.0568. The van der Waals surface area contributed by atoms with Crippen molar-refractivity contribution in [1.82, 2.24) is 16.0 Å². The van der Waals surface area contributed by atoms with Crippen molar-refractivity contribution in [3.63, 3.8) is 0 Å². The normalized spacial score (nSPS) is 31.4. The van der Waals surface area contributed by atoms with Crippen LogP contribution >= 0.6 is 0 Å². The number of esters is 1. The number of aliphatic hydroxyl groups excluding tert-OH is 1. The predicted octanol–water partition coefficient (Wildman–Crippen LogP) is 6.44. The number of rotatable bonds is 23. The van der Waals surface area contributed by atoms with Crippen LogP contribution in [0.4, 0.5) is 0 Å². The molecular formula is C43H76N5O6+. The second-order valence-electron chi connectivity index (χ2n) is 17.1. The topological polar surface area (TPSA) is 147 Å². The average Bonchev–Trinajstić information content (AvgIpc) is 3.75. The highest BCUT2D eigenvalue weighted by Crippen LogP contribution is 2.46. The molecule has 0 saturated carbocycles. The first-order valence-corrected chi connectivity index (χ1v) is 22.3. The van der Waals surface area contributed by atoms with Crippen molar-refractivity contribution >= 4 is 17.8 Å². The summed E-state index contributed by atoms with van der Waals surface area (Å²) in [6.45, 7) is 7.52. The summed E-state index contributed by atoms with van der Waals surface area (Å²) >= 11 is 0. The van der Waals surface area contributed by atoms with Gasteiger partial charge in [-0.1, -0.05) is 90.2 Å². The summed E-state index contributed by atoms with van der Waals surface area (Å²) in [7, 11) is 0. The first-order valence-electron chi connectivity index (χ1n) is 22.3. The fraction of sp³-hybridized carbons (Fsp3) is 0.884. The van der Waals surface area contributed by atoms with Gasteiger partial charge in [0.05, 0.1) is 24.3 Å². The summed E-state index contributed by atoms with van der Waals surface area (Å²) in [5.41, 5.74) is 4.30. The van der Waals surface area contributed by atoms with Crippen LogP contribution in [0.5, 0.6) is 0 Å². The fourth-order valence-corrected chi connectivity index (χ4v) is 9.88. The Labute approximate surface area is 326 Å². The molecule has 0 aromatic rings. The number of guanidine groups is 1. The first kappa shape index (κ1) is 42.9. The largest absolute Gasteiger partial charge is 0.462 e. The molecule has 5 rings (SSSR count). The van der Waals surface area contributed by atoms with Crippen molar-refractivity contribution in [2.24, 2.45) is 11.7 Å². The Hall–Kier alpha value is -2.21. The zero-order valence-corrected chi connectivity index (χ0v) is 34.1. The Morgan fingerprint density at radius 3 is 2.31 bits per heavy atom. The number of nitrogens with one attached hydrogen (secondary N) is 3. The van der Waals surface area contributed by atoms with Gasteiger partial charge >= 0.3 is 11.9 Å². The van der Waals surface area contributed by atoms with Crippen molar-refractivity contribution < 1.29 is 33.5 Å². The minimum atomic E-state index is -0.902. The highest BCUT2D eigenvalue weighted by molar-refractivity contribution is 5.82. The number of hydrogen-bond donors (Lipinski definition) is 5. The Morgan fingerprint density at radius 2 is 1.65 bits per heavy atom. The van der Waals surface area contributed by atoms with Gasteiger partial charge in [0, 0.05) is 25.8 Å². The van der Waals surface area contributed by atoms with E-state index < -0.39 is 11.8 Å². The second kappa shape index (κ2) is 21.4. The van der Waals surface area contributed by atoms with Crippen LogP contribution in [0.25, 0.3) is 0 Å². The van der Waals surface area contributed by atoms with E-state index in [-0.39, 0.29) is 47.9 Å². The van der Waals surface area contributed by atoms with Gasteiger partial charge in [-0.05, 0) is 84.1 Å². The van der Waals surface area contributed by atoms with Crippen LogP contribution in [-0.4, -0.2) is 88.6 Å². The van der Waals surface area contributed by atoms with Crippen molar-refractivity contribution in [3.05, 3.63) is 12.2 Å². The summed E-state index contributed by atoms with van der Waals surface area (Å²) in [5, 5.41) is 20.4. The molecule has 3 saturated heterocycles. The van der Waals surface area contributed by atoms with Gasteiger partial charge in [0.15, 0.2) is 11.6 Å². The number of nitrogens with zero attached hydrogens (tertiary/aromatic N) is 1. The van der Waals surface area contributed by atoms with E-state index in [0.717, 1.165) is 109 Å². The highest BCUT2D eigenvalue weighted by Gasteiger charge is 2.65. The molecule has 54 heavy (non-hydrogen) atoms. The third kappa shape index (κ3) is 11.4. The molecule has 5 aliphatic rings. The number of carbonyl (C=O) groups is 2. The Bertz CT molecular complexity index is 1250. The number of nitrogens with two attached hydrogens (primary N) is 1. The number of unbranched alkanes of at least 4 members (excludes halogenated alkanes) is 10. The molecule has 9 atom stereocenters. The molecule has 11 nitrogen and oxygen atoms in total. The van der Waals surface area contributed by atoms with Crippen LogP contribution in [0.1, 0.15) is 175 Å². The zero-order chi connectivity index (χ0) is 38.4. The fourth-order valence-electron chi connectivity index (χ4n) is 9.88. The van der Waals surface area contributed by atoms with E-state index in [2.05, 4.69) is 53.4 Å². The molecule has 5 heterocycles. The zero-order valence-electron chi connectivity index (χ0n) is 34.1. The van der Waals surface area contributed by atoms with Crippen LogP contribution < -0.4 is 21.7 Å². The van der Waals surface area contributed by atoms with Crippen molar-refractivity contribution in [2.75, 3.05) is 13.1 Å². The van der Waals surface area contributed by atoms with Crippen LogP contribution in [-0.2, 0) is 23.8 Å². The monoisotopic (exact) mass is 759 g/mol. The summed E-state index contributed by atoms with van der Waals surface area (Å²) in [6.07, 6.45) is 28.3. The summed E-state index contributed by atoms with van der Waals surface area (Å²) in [6, 6.07) is 0.391. The van der Waals surface area contributed by atoms with E-state index in [1.54, 1.807) is 0 Å².